The van der Waals surface area contributed by atoms with Gasteiger partial charge in [0.25, 0.3) is 0 Å². The van der Waals surface area contributed by atoms with Gasteiger partial charge in [-0.25, -0.2) is 0 Å². The minimum Gasteiger partial charge on any atom is -0.394 e. The Morgan fingerprint density at radius 2 is 1.91 bits per heavy atom. The predicted molar refractivity (Wildman–Crippen MR) is 88.8 cm³/mol. The molecule has 0 amide bonds. The predicted octanol–water partition coefficient (Wildman–Crippen LogP) is 3.26. The van der Waals surface area contributed by atoms with Gasteiger partial charge in [0.1, 0.15) is 6.61 Å². The third kappa shape index (κ3) is 2.26. The van der Waals surface area contributed by atoms with E-state index < -0.39 is 0 Å². The quantitative estimate of drug-likeness (QED) is 0.595. The zero-order chi connectivity index (χ0) is 15.3. The smallest absolute Gasteiger partial charge is 0.132 e. The molecule has 0 radical (unpaired) electrons. The molecule has 3 nitrogen and oxygen atoms in total. The van der Waals surface area contributed by atoms with Crippen molar-refractivity contribution in [2.75, 3.05) is 20.7 Å². The number of rotatable bonds is 6. The van der Waals surface area contributed by atoms with E-state index in [2.05, 4.69) is 61.4 Å². The van der Waals surface area contributed by atoms with Gasteiger partial charge in [-0.15, -0.1) is 0 Å². The van der Waals surface area contributed by atoms with E-state index in [1.54, 1.807) is 0 Å². The third-order valence-electron chi connectivity index (χ3n) is 6.22. The maximum atomic E-state index is 5.77. The zero-order valence-electron chi connectivity index (χ0n) is 13.8. The van der Waals surface area contributed by atoms with Gasteiger partial charge in [-0.1, -0.05) is 35.5 Å². The normalized spacial score (nSPS) is 36.7. The molecule has 1 aromatic rings. The highest BCUT2D eigenvalue weighted by Crippen LogP contribution is 2.73. The molecular weight excluding hydrogens is 272 g/mol. The van der Waals surface area contributed by atoms with E-state index in [4.69, 9.17) is 4.84 Å². The lowest BCUT2D eigenvalue weighted by molar-refractivity contribution is 0.0907. The lowest BCUT2D eigenvalue weighted by Crippen LogP contribution is -2.29. The lowest BCUT2D eigenvalue weighted by Gasteiger charge is -2.20. The van der Waals surface area contributed by atoms with Crippen LogP contribution in [0.5, 0.6) is 0 Å². The van der Waals surface area contributed by atoms with Gasteiger partial charge in [-0.05, 0) is 63.1 Å². The number of hydrogen-bond donors (Lipinski definition) is 0. The first kappa shape index (κ1) is 14.3. The Hall–Kier alpha value is -1.35. The van der Waals surface area contributed by atoms with Gasteiger partial charge in [0, 0.05) is 12.0 Å². The highest BCUT2D eigenvalue weighted by Gasteiger charge is 2.69. The van der Waals surface area contributed by atoms with Crippen LogP contribution in [0.4, 0.5) is 0 Å². The Labute approximate surface area is 133 Å². The molecule has 5 rings (SSSR count). The molecule has 0 spiro atoms. The Morgan fingerprint density at radius 1 is 1.23 bits per heavy atom. The van der Waals surface area contributed by atoms with Crippen LogP contribution in [0.1, 0.15) is 25.3 Å². The van der Waals surface area contributed by atoms with Gasteiger partial charge in [0.05, 0.1) is 5.71 Å². The first-order chi connectivity index (χ1) is 10.7. The van der Waals surface area contributed by atoms with Crippen LogP contribution in [0, 0.1) is 29.6 Å². The molecule has 118 valence electrons. The summed E-state index contributed by atoms with van der Waals surface area (Å²) >= 11 is 0. The minimum absolute atomic E-state index is 0.381. The molecule has 0 saturated heterocycles. The van der Waals surface area contributed by atoms with E-state index in [0.29, 0.717) is 18.6 Å². The van der Waals surface area contributed by atoms with Crippen LogP contribution in [-0.2, 0) is 4.84 Å². The molecule has 4 bridgehead atoms. The van der Waals surface area contributed by atoms with Crippen LogP contribution < -0.4 is 0 Å². The van der Waals surface area contributed by atoms with Gasteiger partial charge in [-0.2, -0.15) is 0 Å². The van der Waals surface area contributed by atoms with Crippen LogP contribution in [0.3, 0.4) is 0 Å². The van der Waals surface area contributed by atoms with E-state index in [0.717, 1.165) is 23.7 Å². The number of nitrogens with zero attached hydrogens (tertiary/aromatic N) is 2. The Kier molecular flexibility index (Phi) is 3.48. The van der Waals surface area contributed by atoms with Gasteiger partial charge in [0.15, 0.2) is 0 Å². The second-order valence-electron chi connectivity index (χ2n) is 7.61. The molecule has 0 aromatic heterocycles. The van der Waals surface area contributed by atoms with Crippen molar-refractivity contribution in [3.8, 4) is 0 Å². The molecule has 4 aliphatic carbocycles. The molecule has 0 N–H and O–H groups in total. The van der Waals surface area contributed by atoms with Crippen molar-refractivity contribution in [1.82, 2.24) is 4.90 Å². The fraction of sp³-hybridized carbons (Fsp3) is 0.632. The van der Waals surface area contributed by atoms with Gasteiger partial charge >= 0.3 is 0 Å². The Bertz CT molecular complexity index is 554. The SMILES string of the molecule is CC(CO/N=C(\c1ccccc1)C1C2CC3C(C2)C31)N(C)C. The topological polar surface area (TPSA) is 24.8 Å². The van der Waals surface area contributed by atoms with Crippen molar-refractivity contribution in [2.24, 2.45) is 34.7 Å². The largest absolute Gasteiger partial charge is 0.394 e. The van der Waals surface area contributed by atoms with Crippen molar-refractivity contribution in [1.29, 1.82) is 0 Å². The Morgan fingerprint density at radius 3 is 2.45 bits per heavy atom. The molecule has 0 aliphatic heterocycles. The van der Waals surface area contributed by atoms with Crippen LogP contribution in [0.25, 0.3) is 0 Å². The molecular formula is C19H26N2O. The van der Waals surface area contributed by atoms with E-state index in [9.17, 15) is 0 Å². The lowest BCUT2D eigenvalue weighted by atomic mass is 9.89. The first-order valence-electron chi connectivity index (χ1n) is 8.58. The van der Waals surface area contributed by atoms with Crippen molar-refractivity contribution < 1.29 is 4.84 Å². The molecule has 4 fully saturated rings. The summed E-state index contributed by atoms with van der Waals surface area (Å²) in [5.74, 6) is 4.41. The van der Waals surface area contributed by atoms with Crippen molar-refractivity contribution in [3.05, 3.63) is 35.9 Å². The minimum atomic E-state index is 0.381. The standard InChI is InChI=1S/C19H26N2O/c1-12(21(2)3)11-22-20-19(13-7-5-4-6-8-13)17-14-9-15-16(10-14)18(15)17/h4-8,12,14-18H,9-11H2,1-3H3/b20-19+. The number of benzene rings is 1. The van der Waals surface area contributed by atoms with Crippen LogP contribution in [0.15, 0.2) is 35.5 Å². The highest BCUT2D eigenvalue weighted by atomic mass is 16.6. The molecule has 4 saturated carbocycles. The van der Waals surface area contributed by atoms with Crippen molar-refractivity contribution in [2.45, 2.75) is 25.8 Å². The number of oxime groups is 1. The van der Waals surface area contributed by atoms with E-state index in [1.165, 1.54) is 24.1 Å². The van der Waals surface area contributed by atoms with E-state index >= 15 is 0 Å². The highest BCUT2D eigenvalue weighted by molar-refractivity contribution is 6.03. The summed E-state index contributed by atoms with van der Waals surface area (Å²) in [5.41, 5.74) is 2.47. The molecule has 22 heavy (non-hydrogen) atoms. The van der Waals surface area contributed by atoms with Crippen LogP contribution in [-0.4, -0.2) is 37.4 Å². The third-order valence-corrected chi connectivity index (χ3v) is 6.22. The Balaban J connectivity index is 1.54. The summed E-state index contributed by atoms with van der Waals surface area (Å²) in [6, 6.07) is 11.0. The van der Waals surface area contributed by atoms with Gasteiger partial charge < -0.3 is 9.74 Å². The maximum absolute atomic E-state index is 5.77. The van der Waals surface area contributed by atoms with Crippen LogP contribution >= 0.6 is 0 Å². The number of hydrogen-bond acceptors (Lipinski definition) is 3. The maximum Gasteiger partial charge on any atom is 0.132 e. The second-order valence-corrected chi connectivity index (χ2v) is 7.61. The molecule has 4 atom stereocenters. The molecule has 4 aliphatic rings. The summed E-state index contributed by atoms with van der Waals surface area (Å²) in [7, 11) is 4.16. The van der Waals surface area contributed by atoms with Crippen molar-refractivity contribution >= 4 is 5.71 Å². The zero-order valence-corrected chi connectivity index (χ0v) is 13.8. The van der Waals surface area contributed by atoms with Gasteiger partial charge in [-0.3, -0.25) is 0 Å². The molecule has 4 unspecified atom stereocenters. The van der Waals surface area contributed by atoms with Crippen LogP contribution in [0.2, 0.25) is 0 Å². The molecule has 1 aromatic carbocycles. The average molecular weight is 298 g/mol. The number of likely N-dealkylation sites (N-methyl/N-ethyl adjacent to an activating group) is 1. The fourth-order valence-corrected chi connectivity index (χ4v) is 4.76. The fourth-order valence-electron chi connectivity index (χ4n) is 4.76. The van der Waals surface area contributed by atoms with Crippen molar-refractivity contribution in [3.63, 3.8) is 0 Å². The second kappa shape index (κ2) is 5.38. The summed E-state index contributed by atoms with van der Waals surface area (Å²) < 4.78 is 0. The van der Waals surface area contributed by atoms with E-state index in [-0.39, 0.29) is 0 Å². The van der Waals surface area contributed by atoms with Gasteiger partial charge in [0.2, 0.25) is 0 Å². The summed E-state index contributed by atoms with van der Waals surface area (Å²) in [5, 5.41) is 4.64. The molecule has 0 heterocycles. The summed E-state index contributed by atoms with van der Waals surface area (Å²) in [4.78, 5) is 7.93. The summed E-state index contributed by atoms with van der Waals surface area (Å²) in [6.45, 7) is 2.82. The first-order valence-corrected chi connectivity index (χ1v) is 8.58. The summed E-state index contributed by atoms with van der Waals surface area (Å²) in [6.07, 6.45) is 2.86. The monoisotopic (exact) mass is 298 g/mol. The molecule has 3 heteroatoms. The van der Waals surface area contributed by atoms with E-state index in [1.807, 2.05) is 0 Å². The average Bonchev–Trinajstić information content (AvgIpc) is 2.91.